The molecule has 1 aromatic heterocycles. The summed E-state index contributed by atoms with van der Waals surface area (Å²) in [5, 5.41) is 2.17. The lowest BCUT2D eigenvalue weighted by molar-refractivity contribution is 0.181. The van der Waals surface area contributed by atoms with Crippen LogP contribution in [0, 0.1) is 5.92 Å². The number of thiophene rings is 1. The number of piperidine rings is 1. The Bertz CT molecular complexity index is 421. The standard InChI is InChI=1S/C16H28N4S/c1-18(2)16(19(3)4)17-12-14-7-9-20(10-8-14)13-15-6-5-11-21-15/h5-6,11,14H,7-10,12-13H2,1-4H3. The summed E-state index contributed by atoms with van der Waals surface area (Å²) in [4.78, 5) is 13.0. The van der Waals surface area contributed by atoms with Gasteiger partial charge in [-0.25, -0.2) is 0 Å². The van der Waals surface area contributed by atoms with Crippen molar-refractivity contribution >= 4 is 17.3 Å². The lowest BCUT2D eigenvalue weighted by atomic mass is 9.97. The molecule has 2 rings (SSSR count). The predicted molar refractivity (Wildman–Crippen MR) is 92.0 cm³/mol. The van der Waals surface area contributed by atoms with Gasteiger partial charge in [0.2, 0.25) is 0 Å². The molecular formula is C16H28N4S. The smallest absolute Gasteiger partial charge is 0.195 e. The first-order valence-electron chi connectivity index (χ1n) is 7.70. The van der Waals surface area contributed by atoms with Gasteiger partial charge in [0.15, 0.2) is 5.96 Å². The van der Waals surface area contributed by atoms with Gasteiger partial charge in [-0.15, -0.1) is 11.3 Å². The molecule has 0 aliphatic carbocycles. The fourth-order valence-corrected chi connectivity index (χ4v) is 3.59. The molecule has 0 N–H and O–H groups in total. The summed E-state index contributed by atoms with van der Waals surface area (Å²) in [6.45, 7) is 4.49. The van der Waals surface area contributed by atoms with Gasteiger partial charge in [-0.2, -0.15) is 0 Å². The van der Waals surface area contributed by atoms with Gasteiger partial charge in [0.25, 0.3) is 0 Å². The maximum atomic E-state index is 4.80. The van der Waals surface area contributed by atoms with E-state index in [0.29, 0.717) is 0 Å². The summed E-state index contributed by atoms with van der Waals surface area (Å²) in [5.41, 5.74) is 0. The normalized spacial score (nSPS) is 16.8. The first kappa shape index (κ1) is 16.3. The molecule has 0 radical (unpaired) electrons. The third kappa shape index (κ3) is 5.00. The number of hydrogen-bond acceptors (Lipinski definition) is 3. The average molecular weight is 308 g/mol. The molecule has 1 aliphatic heterocycles. The summed E-state index contributed by atoms with van der Waals surface area (Å²) in [5.74, 6) is 1.80. The summed E-state index contributed by atoms with van der Waals surface area (Å²) < 4.78 is 0. The molecule has 1 aliphatic rings. The third-order valence-electron chi connectivity index (χ3n) is 3.96. The number of nitrogens with zero attached hydrogens (tertiary/aromatic N) is 4. The monoisotopic (exact) mass is 308 g/mol. The lowest BCUT2D eigenvalue weighted by Crippen LogP contribution is -2.37. The molecule has 1 saturated heterocycles. The van der Waals surface area contributed by atoms with Crippen molar-refractivity contribution in [3.8, 4) is 0 Å². The van der Waals surface area contributed by atoms with Crippen LogP contribution in [0.5, 0.6) is 0 Å². The molecule has 0 unspecified atom stereocenters. The largest absolute Gasteiger partial charge is 0.349 e. The number of guanidine groups is 1. The molecule has 0 bridgehead atoms. The lowest BCUT2D eigenvalue weighted by Gasteiger charge is -2.31. The van der Waals surface area contributed by atoms with Crippen molar-refractivity contribution in [3.63, 3.8) is 0 Å². The SMILES string of the molecule is CN(C)C(=NCC1CCN(Cc2cccs2)CC1)N(C)C. The molecule has 0 amide bonds. The van der Waals surface area contributed by atoms with Gasteiger partial charge in [-0.3, -0.25) is 9.89 Å². The molecule has 21 heavy (non-hydrogen) atoms. The fraction of sp³-hybridized carbons (Fsp3) is 0.688. The van der Waals surface area contributed by atoms with Crippen LogP contribution in [0.25, 0.3) is 0 Å². The first-order chi connectivity index (χ1) is 10.1. The fourth-order valence-electron chi connectivity index (χ4n) is 2.84. The Labute approximate surface area is 133 Å². The molecule has 0 saturated carbocycles. The maximum absolute atomic E-state index is 4.80. The number of aliphatic imine (C=N–C) groups is 1. The molecule has 0 spiro atoms. The van der Waals surface area contributed by atoms with Crippen LogP contribution in [0.4, 0.5) is 0 Å². The van der Waals surface area contributed by atoms with E-state index in [9.17, 15) is 0 Å². The van der Waals surface area contributed by atoms with Crippen molar-refractivity contribution < 1.29 is 0 Å². The quantitative estimate of drug-likeness (QED) is 0.630. The predicted octanol–water partition coefficient (Wildman–Crippen LogP) is 2.44. The molecule has 118 valence electrons. The van der Waals surface area contributed by atoms with Crippen LogP contribution in [0.3, 0.4) is 0 Å². The van der Waals surface area contributed by atoms with Crippen LogP contribution >= 0.6 is 11.3 Å². The summed E-state index contributed by atoms with van der Waals surface area (Å²) in [6.07, 6.45) is 2.53. The van der Waals surface area contributed by atoms with E-state index in [1.54, 1.807) is 0 Å². The zero-order chi connectivity index (χ0) is 15.2. The van der Waals surface area contributed by atoms with Crippen LogP contribution in [-0.4, -0.2) is 68.5 Å². The van der Waals surface area contributed by atoms with Crippen LogP contribution in [0.2, 0.25) is 0 Å². The second-order valence-electron chi connectivity index (χ2n) is 6.23. The van der Waals surface area contributed by atoms with E-state index in [4.69, 9.17) is 4.99 Å². The highest BCUT2D eigenvalue weighted by molar-refractivity contribution is 7.09. The van der Waals surface area contributed by atoms with Gasteiger partial charge in [0.1, 0.15) is 0 Å². The van der Waals surface area contributed by atoms with E-state index >= 15 is 0 Å². The first-order valence-corrected chi connectivity index (χ1v) is 8.58. The molecule has 4 nitrogen and oxygen atoms in total. The minimum absolute atomic E-state index is 0.736. The highest BCUT2D eigenvalue weighted by Gasteiger charge is 2.19. The average Bonchev–Trinajstić information content (AvgIpc) is 2.93. The Balaban J connectivity index is 1.77. The van der Waals surface area contributed by atoms with Gasteiger partial charge < -0.3 is 9.80 Å². The van der Waals surface area contributed by atoms with Gasteiger partial charge in [0, 0.05) is 46.2 Å². The van der Waals surface area contributed by atoms with Crippen LogP contribution < -0.4 is 0 Å². The Kier molecular flexibility index (Phi) is 6.06. The minimum atomic E-state index is 0.736. The summed E-state index contributed by atoms with van der Waals surface area (Å²) >= 11 is 1.86. The van der Waals surface area contributed by atoms with Crippen LogP contribution in [0.1, 0.15) is 17.7 Å². The van der Waals surface area contributed by atoms with Crippen LogP contribution in [0.15, 0.2) is 22.5 Å². The van der Waals surface area contributed by atoms with Crippen molar-refractivity contribution in [1.29, 1.82) is 0 Å². The molecule has 0 aromatic carbocycles. The number of likely N-dealkylation sites (tertiary alicyclic amines) is 1. The van der Waals surface area contributed by atoms with E-state index in [1.165, 1.54) is 30.8 Å². The van der Waals surface area contributed by atoms with E-state index in [2.05, 4.69) is 60.4 Å². The highest BCUT2D eigenvalue weighted by Crippen LogP contribution is 2.21. The summed E-state index contributed by atoms with van der Waals surface area (Å²) in [6, 6.07) is 4.38. The minimum Gasteiger partial charge on any atom is -0.349 e. The van der Waals surface area contributed by atoms with Gasteiger partial charge in [0.05, 0.1) is 0 Å². The molecule has 0 atom stereocenters. The second kappa shape index (κ2) is 7.80. The van der Waals surface area contributed by atoms with Crippen LogP contribution in [-0.2, 0) is 6.54 Å². The molecule has 2 heterocycles. The number of hydrogen-bond donors (Lipinski definition) is 0. The van der Waals surface area contributed by atoms with Gasteiger partial charge in [-0.05, 0) is 43.3 Å². The Morgan fingerprint density at radius 3 is 2.43 bits per heavy atom. The molecule has 1 aromatic rings. The van der Waals surface area contributed by atoms with Crippen molar-refractivity contribution in [2.45, 2.75) is 19.4 Å². The third-order valence-corrected chi connectivity index (χ3v) is 4.82. The number of rotatable bonds is 4. The van der Waals surface area contributed by atoms with E-state index < -0.39 is 0 Å². The van der Waals surface area contributed by atoms with E-state index in [1.807, 2.05) is 11.3 Å². The second-order valence-corrected chi connectivity index (χ2v) is 7.26. The zero-order valence-electron chi connectivity index (χ0n) is 13.7. The van der Waals surface area contributed by atoms with Crippen molar-refractivity contribution in [3.05, 3.63) is 22.4 Å². The maximum Gasteiger partial charge on any atom is 0.195 e. The molecule has 5 heteroatoms. The van der Waals surface area contributed by atoms with Crippen molar-refractivity contribution in [2.24, 2.45) is 10.9 Å². The highest BCUT2D eigenvalue weighted by atomic mass is 32.1. The summed E-state index contributed by atoms with van der Waals surface area (Å²) in [7, 11) is 8.23. The van der Waals surface area contributed by atoms with E-state index in [-0.39, 0.29) is 0 Å². The Hall–Kier alpha value is -1.07. The van der Waals surface area contributed by atoms with Gasteiger partial charge in [-0.1, -0.05) is 6.07 Å². The molecule has 1 fully saturated rings. The Morgan fingerprint density at radius 2 is 1.90 bits per heavy atom. The van der Waals surface area contributed by atoms with Gasteiger partial charge >= 0.3 is 0 Å². The molecular weight excluding hydrogens is 280 g/mol. The van der Waals surface area contributed by atoms with E-state index in [0.717, 1.165) is 25.0 Å². The van der Waals surface area contributed by atoms with Crippen molar-refractivity contribution in [1.82, 2.24) is 14.7 Å². The van der Waals surface area contributed by atoms with Crippen molar-refractivity contribution in [2.75, 3.05) is 47.8 Å². The topological polar surface area (TPSA) is 22.1 Å². The zero-order valence-corrected chi connectivity index (χ0v) is 14.6. The Morgan fingerprint density at radius 1 is 1.24 bits per heavy atom.